The lowest BCUT2D eigenvalue weighted by Crippen LogP contribution is -2.24. The fraction of sp³-hybridized carbons (Fsp3) is 0.714. The van der Waals surface area contributed by atoms with Gasteiger partial charge in [0.25, 0.3) is 0 Å². The number of aryl methyl sites for hydroxylation is 1. The molecule has 122 valence electrons. The number of unbranched alkanes of at least 4 members (excludes halogenated alkanes) is 1. The quantitative estimate of drug-likeness (QED) is 0.640. The third-order valence-electron chi connectivity index (χ3n) is 3.09. The van der Waals surface area contributed by atoms with E-state index in [1.807, 2.05) is 20.8 Å². The van der Waals surface area contributed by atoms with Crippen LogP contribution in [0.1, 0.15) is 39.3 Å². The molecule has 21 heavy (non-hydrogen) atoms. The van der Waals surface area contributed by atoms with Crippen molar-refractivity contribution in [1.82, 2.24) is 9.29 Å². The molecule has 0 fully saturated rings. The third kappa shape index (κ3) is 5.78. The van der Waals surface area contributed by atoms with Crippen molar-refractivity contribution in [3.05, 3.63) is 18.0 Å². The van der Waals surface area contributed by atoms with Crippen LogP contribution in [-0.4, -0.2) is 37.3 Å². The Labute approximate surface area is 127 Å². The fourth-order valence-electron chi connectivity index (χ4n) is 1.93. The highest BCUT2D eigenvalue weighted by Crippen LogP contribution is 2.14. The van der Waals surface area contributed by atoms with Gasteiger partial charge in [-0.05, 0) is 39.7 Å². The first-order valence-electron chi connectivity index (χ1n) is 7.32. The van der Waals surface area contributed by atoms with Crippen LogP contribution in [0.5, 0.6) is 0 Å². The summed E-state index contributed by atoms with van der Waals surface area (Å²) in [5.41, 5.74) is 0.600. The van der Waals surface area contributed by atoms with Crippen LogP contribution >= 0.6 is 0 Å². The Morgan fingerprint density at radius 3 is 2.62 bits per heavy atom. The molecule has 0 aliphatic carbocycles. The van der Waals surface area contributed by atoms with Crippen LogP contribution in [0.15, 0.2) is 17.2 Å². The van der Waals surface area contributed by atoms with Gasteiger partial charge in [0.15, 0.2) is 0 Å². The monoisotopic (exact) mass is 318 g/mol. The van der Waals surface area contributed by atoms with Crippen molar-refractivity contribution in [3.8, 4) is 0 Å². The number of aromatic nitrogens is 1. The average Bonchev–Trinajstić information content (AvgIpc) is 2.86. The molecule has 0 atom stereocenters. The Bertz CT molecular complexity index is 502. The minimum Gasteiger partial charge on any atom is -0.390 e. The molecule has 2 N–H and O–H groups in total. The topological polar surface area (TPSA) is 80.6 Å². The van der Waals surface area contributed by atoms with Gasteiger partial charge < -0.3 is 14.4 Å². The second kappa shape index (κ2) is 8.53. The average molecular weight is 318 g/mol. The molecular formula is C14H26N2O4S. The molecule has 6 nitrogen and oxygen atoms in total. The van der Waals surface area contributed by atoms with Gasteiger partial charge in [0.1, 0.15) is 0 Å². The normalized spacial score (nSPS) is 12.2. The van der Waals surface area contributed by atoms with Gasteiger partial charge >= 0.3 is 0 Å². The van der Waals surface area contributed by atoms with Crippen LogP contribution in [0, 0.1) is 0 Å². The molecule has 0 unspecified atom stereocenters. The van der Waals surface area contributed by atoms with Gasteiger partial charge in [-0.2, -0.15) is 0 Å². The smallest absolute Gasteiger partial charge is 0.242 e. The Hall–Kier alpha value is -0.890. The standard InChI is InChI=1S/C14H26N2O4S/c1-4-16-10-14(9-13(16)11-17)21(18,19)15-7-5-6-8-20-12(2)3/h9-10,12,15,17H,4-8,11H2,1-3H3. The van der Waals surface area contributed by atoms with E-state index in [9.17, 15) is 13.5 Å². The number of nitrogens with zero attached hydrogens (tertiary/aromatic N) is 1. The van der Waals surface area contributed by atoms with Crippen LogP contribution < -0.4 is 4.72 Å². The number of aliphatic hydroxyl groups is 1. The zero-order valence-corrected chi connectivity index (χ0v) is 13.8. The molecule has 0 aliphatic rings. The maximum Gasteiger partial charge on any atom is 0.242 e. The maximum absolute atomic E-state index is 12.1. The Morgan fingerprint density at radius 2 is 2.10 bits per heavy atom. The molecule has 0 aromatic carbocycles. The summed E-state index contributed by atoms with van der Waals surface area (Å²) >= 11 is 0. The van der Waals surface area contributed by atoms with Gasteiger partial charge in [0.05, 0.1) is 17.6 Å². The van der Waals surface area contributed by atoms with Gasteiger partial charge in [-0.3, -0.25) is 0 Å². The summed E-state index contributed by atoms with van der Waals surface area (Å²) in [4.78, 5) is 0.201. The fourth-order valence-corrected chi connectivity index (χ4v) is 3.07. The first kappa shape index (κ1) is 18.2. The number of nitrogens with one attached hydrogen (secondary N) is 1. The van der Waals surface area contributed by atoms with Crippen LogP contribution in [-0.2, 0) is 27.9 Å². The van der Waals surface area contributed by atoms with Crippen molar-refractivity contribution in [2.24, 2.45) is 0 Å². The van der Waals surface area contributed by atoms with Crippen LogP contribution in [0.25, 0.3) is 0 Å². The molecule has 1 heterocycles. The summed E-state index contributed by atoms with van der Waals surface area (Å²) in [6.07, 6.45) is 3.30. The van der Waals surface area contributed by atoms with Crippen molar-refractivity contribution < 1.29 is 18.3 Å². The highest BCUT2D eigenvalue weighted by molar-refractivity contribution is 7.89. The molecule has 0 saturated heterocycles. The van der Waals surface area contributed by atoms with E-state index in [-0.39, 0.29) is 17.6 Å². The number of rotatable bonds is 10. The van der Waals surface area contributed by atoms with Gasteiger partial charge in [-0.15, -0.1) is 0 Å². The lowest BCUT2D eigenvalue weighted by atomic mass is 10.3. The van der Waals surface area contributed by atoms with Gasteiger partial charge in [-0.1, -0.05) is 0 Å². The van der Waals surface area contributed by atoms with Crippen molar-refractivity contribution >= 4 is 10.0 Å². The molecule has 0 radical (unpaired) electrons. The molecule has 0 amide bonds. The van der Waals surface area contributed by atoms with E-state index in [0.29, 0.717) is 25.4 Å². The molecule has 0 spiro atoms. The van der Waals surface area contributed by atoms with E-state index in [0.717, 1.165) is 12.8 Å². The van der Waals surface area contributed by atoms with E-state index in [1.54, 1.807) is 10.8 Å². The number of ether oxygens (including phenoxy) is 1. The van der Waals surface area contributed by atoms with E-state index in [1.165, 1.54) is 6.07 Å². The Kier molecular flexibility index (Phi) is 7.37. The summed E-state index contributed by atoms with van der Waals surface area (Å²) in [5, 5.41) is 9.20. The first-order valence-corrected chi connectivity index (χ1v) is 8.80. The number of hydrogen-bond acceptors (Lipinski definition) is 4. The first-order chi connectivity index (χ1) is 9.90. The maximum atomic E-state index is 12.1. The third-order valence-corrected chi connectivity index (χ3v) is 4.52. The molecule has 0 saturated carbocycles. The summed E-state index contributed by atoms with van der Waals surface area (Å²) in [6, 6.07) is 1.51. The summed E-state index contributed by atoms with van der Waals surface area (Å²) in [7, 11) is -3.51. The summed E-state index contributed by atoms with van der Waals surface area (Å²) in [5.74, 6) is 0. The molecular weight excluding hydrogens is 292 g/mol. The van der Waals surface area contributed by atoms with Crippen molar-refractivity contribution in [2.45, 2.75) is 57.8 Å². The SMILES string of the molecule is CCn1cc(S(=O)(=O)NCCCCOC(C)C)cc1CO. The van der Waals surface area contributed by atoms with E-state index < -0.39 is 10.0 Å². The lowest BCUT2D eigenvalue weighted by molar-refractivity contribution is 0.0762. The largest absolute Gasteiger partial charge is 0.390 e. The summed E-state index contributed by atoms with van der Waals surface area (Å²) < 4.78 is 34.0. The van der Waals surface area contributed by atoms with E-state index in [4.69, 9.17) is 4.74 Å². The minimum atomic E-state index is -3.51. The highest BCUT2D eigenvalue weighted by Gasteiger charge is 2.17. The molecule has 7 heteroatoms. The molecule has 1 aromatic rings. The van der Waals surface area contributed by atoms with Crippen molar-refractivity contribution in [3.63, 3.8) is 0 Å². The second-order valence-corrected chi connectivity index (χ2v) is 6.90. The molecule has 0 bridgehead atoms. The number of hydrogen-bond donors (Lipinski definition) is 2. The van der Waals surface area contributed by atoms with E-state index >= 15 is 0 Å². The molecule has 0 aliphatic heterocycles. The highest BCUT2D eigenvalue weighted by atomic mass is 32.2. The lowest BCUT2D eigenvalue weighted by Gasteiger charge is -2.08. The van der Waals surface area contributed by atoms with Crippen molar-refractivity contribution in [1.29, 1.82) is 0 Å². The molecule has 1 rings (SSSR count). The van der Waals surface area contributed by atoms with Crippen LogP contribution in [0.2, 0.25) is 0 Å². The second-order valence-electron chi connectivity index (χ2n) is 5.14. The van der Waals surface area contributed by atoms with Gasteiger partial charge in [-0.25, -0.2) is 13.1 Å². The Balaban J connectivity index is 2.48. The zero-order chi connectivity index (χ0) is 15.9. The van der Waals surface area contributed by atoms with Gasteiger partial charge in [0, 0.05) is 31.6 Å². The number of aliphatic hydroxyl groups excluding tert-OH is 1. The van der Waals surface area contributed by atoms with E-state index in [2.05, 4.69) is 4.72 Å². The van der Waals surface area contributed by atoms with Crippen LogP contribution in [0.3, 0.4) is 0 Å². The Morgan fingerprint density at radius 1 is 1.38 bits per heavy atom. The van der Waals surface area contributed by atoms with Crippen LogP contribution in [0.4, 0.5) is 0 Å². The van der Waals surface area contributed by atoms with Crippen molar-refractivity contribution in [2.75, 3.05) is 13.2 Å². The molecule has 1 aromatic heterocycles. The number of sulfonamides is 1. The minimum absolute atomic E-state index is 0.171. The predicted octanol–water partition coefficient (Wildman–Crippen LogP) is 1.48. The summed E-state index contributed by atoms with van der Waals surface area (Å²) in [6.45, 7) is 7.32. The van der Waals surface area contributed by atoms with Gasteiger partial charge in [0.2, 0.25) is 10.0 Å². The zero-order valence-electron chi connectivity index (χ0n) is 13.0. The predicted molar refractivity (Wildman–Crippen MR) is 81.5 cm³/mol.